The Hall–Kier alpha value is -4.14. The van der Waals surface area contributed by atoms with Crippen molar-refractivity contribution >= 4 is 18.0 Å². The van der Waals surface area contributed by atoms with Crippen LogP contribution < -0.4 is 10.6 Å². The van der Waals surface area contributed by atoms with Gasteiger partial charge in [-0.3, -0.25) is 14.3 Å². The molecule has 0 radical (unpaired) electrons. The van der Waals surface area contributed by atoms with Gasteiger partial charge in [-0.25, -0.2) is 4.79 Å². The number of ether oxygens (including phenoxy) is 1. The number of hydrogen-bond donors (Lipinski definition) is 3. The lowest BCUT2D eigenvalue weighted by atomic mass is 9.98. The number of carboxylic acid groups (broad SMARTS) is 1. The summed E-state index contributed by atoms with van der Waals surface area (Å²) in [6, 6.07) is 16.5. The second-order valence-corrected chi connectivity index (χ2v) is 8.11. The van der Waals surface area contributed by atoms with Gasteiger partial charge in [-0.05, 0) is 28.3 Å². The fraction of sp³-hybridized carbons (Fsp3) is 0.280. The van der Waals surface area contributed by atoms with Crippen LogP contribution in [0.4, 0.5) is 4.79 Å². The average molecular weight is 463 g/mol. The van der Waals surface area contributed by atoms with Gasteiger partial charge in [0, 0.05) is 37.8 Å². The molecule has 1 aliphatic carbocycles. The van der Waals surface area contributed by atoms with Crippen molar-refractivity contribution in [3.8, 4) is 11.1 Å². The molecule has 9 heteroatoms. The van der Waals surface area contributed by atoms with Crippen LogP contribution in [0.5, 0.6) is 0 Å². The Labute approximate surface area is 196 Å². The third-order valence-corrected chi connectivity index (χ3v) is 5.93. The molecule has 0 saturated heterocycles. The number of carbonyl (C=O) groups excluding carboxylic acids is 2. The molecule has 2 amide bonds. The van der Waals surface area contributed by atoms with E-state index in [0.29, 0.717) is 6.42 Å². The smallest absolute Gasteiger partial charge is 0.407 e. The van der Waals surface area contributed by atoms with Crippen LogP contribution in [-0.4, -0.2) is 52.1 Å². The predicted molar refractivity (Wildman–Crippen MR) is 124 cm³/mol. The lowest BCUT2D eigenvalue weighted by Crippen LogP contribution is -2.48. The van der Waals surface area contributed by atoms with E-state index in [1.165, 1.54) is 0 Å². The number of rotatable bonds is 9. The van der Waals surface area contributed by atoms with Crippen LogP contribution in [0, 0.1) is 0 Å². The number of carboxylic acids is 1. The van der Waals surface area contributed by atoms with Gasteiger partial charge in [0.05, 0.1) is 6.42 Å². The molecule has 0 aliphatic heterocycles. The predicted octanol–water partition coefficient (Wildman–Crippen LogP) is 2.46. The zero-order valence-corrected chi connectivity index (χ0v) is 18.7. The lowest BCUT2D eigenvalue weighted by molar-refractivity contribution is -0.139. The summed E-state index contributed by atoms with van der Waals surface area (Å²) in [7, 11) is 1.79. The van der Waals surface area contributed by atoms with Crippen LogP contribution in [0.15, 0.2) is 60.8 Å². The van der Waals surface area contributed by atoms with E-state index in [4.69, 9.17) is 4.74 Å². The Balaban J connectivity index is 1.35. The van der Waals surface area contributed by atoms with Crippen molar-refractivity contribution in [2.75, 3.05) is 13.2 Å². The van der Waals surface area contributed by atoms with E-state index in [-0.39, 0.29) is 19.1 Å². The molecule has 3 aromatic rings. The van der Waals surface area contributed by atoms with Crippen molar-refractivity contribution in [3.05, 3.63) is 77.6 Å². The van der Waals surface area contributed by atoms with E-state index in [1.807, 2.05) is 54.6 Å². The first-order valence-electron chi connectivity index (χ1n) is 11.0. The summed E-state index contributed by atoms with van der Waals surface area (Å²) in [5.41, 5.74) is 5.24. The normalized spacial score (nSPS) is 13.0. The molecule has 0 bridgehead atoms. The number of carbonyl (C=O) groups is 3. The van der Waals surface area contributed by atoms with Crippen LogP contribution in [0.25, 0.3) is 11.1 Å². The number of benzene rings is 2. The van der Waals surface area contributed by atoms with E-state index >= 15 is 0 Å². The molecule has 3 N–H and O–H groups in total. The van der Waals surface area contributed by atoms with Gasteiger partial charge in [0.15, 0.2) is 0 Å². The van der Waals surface area contributed by atoms with Crippen molar-refractivity contribution in [2.24, 2.45) is 7.05 Å². The van der Waals surface area contributed by atoms with Crippen LogP contribution >= 0.6 is 0 Å². The van der Waals surface area contributed by atoms with Crippen molar-refractivity contribution in [3.63, 3.8) is 0 Å². The van der Waals surface area contributed by atoms with E-state index in [9.17, 15) is 19.5 Å². The van der Waals surface area contributed by atoms with E-state index in [2.05, 4.69) is 15.7 Å². The molecule has 1 atom stereocenters. The van der Waals surface area contributed by atoms with Crippen LogP contribution in [-0.2, 0) is 27.8 Å². The monoisotopic (exact) mass is 462 g/mol. The number of aliphatic carboxylic acids is 1. The first kappa shape index (κ1) is 23.0. The second-order valence-electron chi connectivity index (χ2n) is 8.11. The highest BCUT2D eigenvalue weighted by Crippen LogP contribution is 2.44. The Morgan fingerprint density at radius 3 is 2.29 bits per heavy atom. The molecule has 34 heavy (non-hydrogen) atoms. The Morgan fingerprint density at radius 2 is 1.71 bits per heavy atom. The summed E-state index contributed by atoms with van der Waals surface area (Å²) >= 11 is 0. The number of fused-ring (bicyclic) bond motifs is 3. The maximum Gasteiger partial charge on any atom is 0.407 e. The first-order chi connectivity index (χ1) is 16.4. The fourth-order valence-corrected chi connectivity index (χ4v) is 4.25. The third kappa shape index (κ3) is 5.09. The summed E-state index contributed by atoms with van der Waals surface area (Å²) in [6.45, 7) is 0.350. The summed E-state index contributed by atoms with van der Waals surface area (Å²) in [5.74, 6) is -1.92. The highest BCUT2D eigenvalue weighted by Gasteiger charge is 2.30. The number of nitrogens with zero attached hydrogens (tertiary/aromatic N) is 2. The number of hydrogen-bond acceptors (Lipinski definition) is 5. The molecule has 0 spiro atoms. The minimum absolute atomic E-state index is 0.0712. The molecule has 1 aromatic heterocycles. The van der Waals surface area contributed by atoms with E-state index < -0.39 is 30.4 Å². The standard InChI is InChI=1S/C25H26N4O5/c1-29-16(11-13-27-29)10-12-26-24(32)22(14-23(30)31)28-25(33)34-15-21-19-8-4-2-6-17(19)18-7-3-5-9-20(18)21/h2-9,11,13,21-22H,10,12,14-15H2,1H3,(H,26,32)(H,28,33)(H,30,31). The molecule has 4 rings (SSSR count). The SMILES string of the molecule is Cn1nccc1CCNC(=O)C(CC(=O)O)NC(=O)OCC1c2ccccc2-c2ccccc21. The molecule has 1 unspecified atom stereocenters. The molecule has 9 nitrogen and oxygen atoms in total. The Bertz CT molecular complexity index is 1160. The Morgan fingerprint density at radius 1 is 1.06 bits per heavy atom. The molecule has 1 heterocycles. The zero-order valence-electron chi connectivity index (χ0n) is 18.7. The lowest BCUT2D eigenvalue weighted by Gasteiger charge is -2.18. The molecular weight excluding hydrogens is 436 g/mol. The van der Waals surface area contributed by atoms with Gasteiger partial charge in [0.1, 0.15) is 12.6 Å². The van der Waals surface area contributed by atoms with Gasteiger partial charge in [-0.15, -0.1) is 0 Å². The van der Waals surface area contributed by atoms with E-state index in [0.717, 1.165) is 27.9 Å². The number of nitrogens with one attached hydrogen (secondary N) is 2. The molecule has 176 valence electrons. The quantitative estimate of drug-likeness (QED) is 0.449. The van der Waals surface area contributed by atoms with Gasteiger partial charge < -0.3 is 20.5 Å². The Kier molecular flexibility index (Phi) is 6.91. The summed E-state index contributed by atoms with van der Waals surface area (Å²) in [6.07, 6.45) is 0.785. The molecule has 0 fully saturated rings. The minimum atomic E-state index is -1.25. The molecule has 2 aromatic carbocycles. The van der Waals surface area contributed by atoms with Crippen molar-refractivity contribution in [1.29, 1.82) is 0 Å². The van der Waals surface area contributed by atoms with Crippen molar-refractivity contribution in [2.45, 2.75) is 24.8 Å². The maximum absolute atomic E-state index is 12.5. The summed E-state index contributed by atoms with van der Waals surface area (Å²) in [4.78, 5) is 36.3. The molecule has 0 saturated carbocycles. The number of amides is 2. The van der Waals surface area contributed by atoms with Gasteiger partial charge in [-0.2, -0.15) is 5.10 Å². The van der Waals surface area contributed by atoms with Crippen molar-refractivity contribution < 1.29 is 24.2 Å². The maximum atomic E-state index is 12.5. The summed E-state index contributed by atoms with van der Waals surface area (Å²) in [5, 5.41) is 18.3. The summed E-state index contributed by atoms with van der Waals surface area (Å²) < 4.78 is 7.14. The highest BCUT2D eigenvalue weighted by atomic mass is 16.5. The van der Waals surface area contributed by atoms with Gasteiger partial charge in [0.2, 0.25) is 5.91 Å². The van der Waals surface area contributed by atoms with Gasteiger partial charge in [-0.1, -0.05) is 48.5 Å². The highest BCUT2D eigenvalue weighted by molar-refractivity contribution is 5.89. The molecular formula is C25H26N4O5. The van der Waals surface area contributed by atoms with Crippen molar-refractivity contribution in [1.82, 2.24) is 20.4 Å². The van der Waals surface area contributed by atoms with Crippen LogP contribution in [0.3, 0.4) is 0 Å². The second kappa shape index (κ2) is 10.2. The fourth-order valence-electron chi connectivity index (χ4n) is 4.25. The topological polar surface area (TPSA) is 123 Å². The average Bonchev–Trinajstić information content (AvgIpc) is 3.37. The number of aromatic nitrogens is 2. The van der Waals surface area contributed by atoms with Gasteiger partial charge >= 0.3 is 12.1 Å². The largest absolute Gasteiger partial charge is 0.481 e. The molecule has 1 aliphatic rings. The first-order valence-corrected chi connectivity index (χ1v) is 11.0. The van der Waals surface area contributed by atoms with E-state index in [1.54, 1.807) is 17.9 Å². The van der Waals surface area contributed by atoms with Crippen LogP contribution in [0.1, 0.15) is 29.2 Å². The zero-order chi connectivity index (χ0) is 24.1. The van der Waals surface area contributed by atoms with Gasteiger partial charge in [0.25, 0.3) is 0 Å². The minimum Gasteiger partial charge on any atom is -0.481 e. The number of alkyl carbamates (subject to hydrolysis) is 1. The van der Waals surface area contributed by atoms with Crippen LogP contribution in [0.2, 0.25) is 0 Å². The third-order valence-electron chi connectivity index (χ3n) is 5.93. The number of aryl methyl sites for hydroxylation is 1.